The number of rotatable bonds is 7. The molecule has 1 aliphatic rings. The van der Waals surface area contributed by atoms with Gasteiger partial charge in [-0.15, -0.1) is 22.7 Å². The Morgan fingerprint density at radius 1 is 1.07 bits per heavy atom. The Labute approximate surface area is 179 Å². The Hall–Kier alpha value is -2.35. The molecule has 1 amide bonds. The van der Waals surface area contributed by atoms with Gasteiger partial charge in [-0.25, -0.2) is 0 Å². The predicted molar refractivity (Wildman–Crippen MR) is 118 cm³/mol. The van der Waals surface area contributed by atoms with Crippen LogP contribution in [-0.2, 0) is 11.3 Å². The zero-order chi connectivity index (χ0) is 20.2. The Morgan fingerprint density at radius 3 is 2.55 bits per heavy atom. The number of likely N-dealkylation sites (N-methyl/N-ethyl adjacent to an activating group) is 1. The normalized spacial score (nSPS) is 14.0. The highest BCUT2D eigenvalue weighted by atomic mass is 32.1. The van der Waals surface area contributed by atoms with E-state index in [0.717, 1.165) is 16.3 Å². The number of hydrogen-bond acceptors (Lipinski definition) is 6. The quantitative estimate of drug-likeness (QED) is 0.542. The molecule has 5 nitrogen and oxygen atoms in total. The van der Waals surface area contributed by atoms with Crippen molar-refractivity contribution in [2.75, 3.05) is 31.7 Å². The second-order valence-corrected chi connectivity index (χ2v) is 9.01. The average Bonchev–Trinajstić information content (AvgIpc) is 3.45. The first-order chi connectivity index (χ1) is 14.1. The van der Waals surface area contributed by atoms with Gasteiger partial charge < -0.3 is 14.4 Å². The van der Waals surface area contributed by atoms with Crippen LogP contribution in [0.5, 0.6) is 11.5 Å². The minimum Gasteiger partial charge on any atom is -0.486 e. The lowest BCUT2D eigenvalue weighted by molar-refractivity contribution is -0.120. The molecule has 0 bridgehead atoms. The van der Waals surface area contributed by atoms with E-state index in [2.05, 4.69) is 29.3 Å². The first-order valence-corrected chi connectivity index (χ1v) is 11.3. The summed E-state index contributed by atoms with van der Waals surface area (Å²) in [6, 6.07) is 14.1. The SMILES string of the molecule is CC(c1cccs1)N(C)CC(=O)N(Cc1cccs1)c1ccc2c(c1)OCCO2. The van der Waals surface area contributed by atoms with Crippen molar-refractivity contribution in [1.82, 2.24) is 4.90 Å². The highest BCUT2D eigenvalue weighted by Crippen LogP contribution is 2.35. The molecule has 0 radical (unpaired) electrons. The second-order valence-electron chi connectivity index (χ2n) is 6.99. The van der Waals surface area contributed by atoms with Gasteiger partial charge in [0.1, 0.15) is 13.2 Å². The van der Waals surface area contributed by atoms with Gasteiger partial charge in [-0.3, -0.25) is 9.69 Å². The molecule has 0 aliphatic carbocycles. The lowest BCUT2D eigenvalue weighted by Crippen LogP contribution is -2.39. The van der Waals surface area contributed by atoms with Crippen molar-refractivity contribution < 1.29 is 14.3 Å². The maximum absolute atomic E-state index is 13.3. The first kappa shape index (κ1) is 19.9. The van der Waals surface area contributed by atoms with E-state index in [4.69, 9.17) is 9.47 Å². The molecule has 4 rings (SSSR count). The number of nitrogens with zero attached hydrogens (tertiary/aromatic N) is 2. The predicted octanol–water partition coefficient (Wildman–Crippen LogP) is 4.81. The van der Waals surface area contributed by atoms with Crippen molar-refractivity contribution in [3.8, 4) is 11.5 Å². The molecule has 152 valence electrons. The van der Waals surface area contributed by atoms with Crippen molar-refractivity contribution in [1.29, 1.82) is 0 Å². The van der Waals surface area contributed by atoms with E-state index in [0.29, 0.717) is 32.1 Å². The number of fused-ring (bicyclic) bond motifs is 1. The summed E-state index contributed by atoms with van der Waals surface area (Å²) in [7, 11) is 2.00. The molecule has 0 N–H and O–H groups in total. The molecule has 3 aromatic rings. The van der Waals surface area contributed by atoms with Gasteiger partial charge in [-0.2, -0.15) is 0 Å². The fraction of sp³-hybridized carbons (Fsp3) is 0.318. The smallest absolute Gasteiger partial charge is 0.241 e. The van der Waals surface area contributed by atoms with Gasteiger partial charge in [-0.05, 0) is 49.0 Å². The van der Waals surface area contributed by atoms with Gasteiger partial charge in [0, 0.05) is 27.5 Å². The van der Waals surface area contributed by atoms with Crippen molar-refractivity contribution >= 4 is 34.3 Å². The molecule has 1 aliphatic heterocycles. The molecule has 1 atom stereocenters. The largest absolute Gasteiger partial charge is 0.486 e. The zero-order valence-corrected chi connectivity index (χ0v) is 18.2. The minimum atomic E-state index is 0.0565. The Bertz CT molecular complexity index is 941. The van der Waals surface area contributed by atoms with Crippen LogP contribution >= 0.6 is 22.7 Å². The minimum absolute atomic E-state index is 0.0565. The maximum atomic E-state index is 13.3. The van der Waals surface area contributed by atoms with Crippen LogP contribution in [0, 0.1) is 0 Å². The summed E-state index contributed by atoms with van der Waals surface area (Å²) in [6.07, 6.45) is 0. The maximum Gasteiger partial charge on any atom is 0.241 e. The Balaban J connectivity index is 1.56. The second kappa shape index (κ2) is 8.98. The van der Waals surface area contributed by atoms with Crippen molar-refractivity contribution in [3.63, 3.8) is 0 Å². The monoisotopic (exact) mass is 428 g/mol. The lowest BCUT2D eigenvalue weighted by Gasteiger charge is -2.29. The number of hydrogen-bond donors (Lipinski definition) is 0. The van der Waals surface area contributed by atoms with Crippen molar-refractivity contribution in [2.45, 2.75) is 19.5 Å². The number of benzene rings is 1. The van der Waals surface area contributed by atoms with Crippen LogP contribution in [0.3, 0.4) is 0 Å². The van der Waals surface area contributed by atoms with E-state index in [1.165, 1.54) is 4.88 Å². The Morgan fingerprint density at radius 2 is 1.83 bits per heavy atom. The molecule has 0 saturated carbocycles. The molecule has 0 spiro atoms. The number of amides is 1. The summed E-state index contributed by atoms with van der Waals surface area (Å²) in [5.74, 6) is 1.48. The summed E-state index contributed by atoms with van der Waals surface area (Å²) >= 11 is 3.37. The van der Waals surface area contributed by atoms with E-state index < -0.39 is 0 Å². The molecule has 29 heavy (non-hydrogen) atoms. The van der Waals surface area contributed by atoms with Crippen LogP contribution in [-0.4, -0.2) is 37.6 Å². The number of thiophene rings is 2. The third-order valence-electron chi connectivity index (χ3n) is 5.03. The standard InChI is InChI=1S/C22H24N2O3S2/c1-16(21-6-4-12-29-21)23(2)15-22(25)24(14-18-5-3-11-28-18)17-7-8-19-20(13-17)27-10-9-26-19/h3-8,11-13,16H,9-10,14-15H2,1-2H3. The van der Waals surface area contributed by atoms with Crippen molar-refractivity contribution in [2.24, 2.45) is 0 Å². The van der Waals surface area contributed by atoms with E-state index in [1.807, 2.05) is 47.7 Å². The number of carbonyl (C=O) groups excluding carboxylic acids is 1. The van der Waals surface area contributed by atoms with Crippen LogP contribution in [0.2, 0.25) is 0 Å². The molecule has 3 heterocycles. The van der Waals surface area contributed by atoms with Gasteiger partial charge >= 0.3 is 0 Å². The van der Waals surface area contributed by atoms with Crippen LogP contribution in [0.15, 0.2) is 53.2 Å². The first-order valence-electron chi connectivity index (χ1n) is 9.58. The van der Waals surface area contributed by atoms with E-state index >= 15 is 0 Å². The van der Waals surface area contributed by atoms with Gasteiger partial charge in [0.15, 0.2) is 11.5 Å². The average molecular weight is 429 g/mol. The third kappa shape index (κ3) is 4.63. The summed E-state index contributed by atoms with van der Waals surface area (Å²) in [5, 5.41) is 4.10. The molecular formula is C22H24N2O3S2. The van der Waals surface area contributed by atoms with Gasteiger partial charge in [-0.1, -0.05) is 12.1 Å². The van der Waals surface area contributed by atoms with E-state index in [9.17, 15) is 4.79 Å². The molecule has 2 aromatic heterocycles. The highest BCUT2D eigenvalue weighted by molar-refractivity contribution is 7.10. The summed E-state index contributed by atoms with van der Waals surface area (Å²) in [6.45, 7) is 4.08. The number of anilines is 1. The fourth-order valence-corrected chi connectivity index (χ4v) is 4.80. The van der Waals surface area contributed by atoms with Gasteiger partial charge in [0.2, 0.25) is 5.91 Å². The van der Waals surface area contributed by atoms with Gasteiger partial charge in [0.05, 0.1) is 13.1 Å². The number of carbonyl (C=O) groups is 1. The summed E-state index contributed by atoms with van der Waals surface area (Å²) in [4.78, 5) is 19.7. The van der Waals surface area contributed by atoms with Crippen LogP contribution in [0.1, 0.15) is 22.7 Å². The molecular weight excluding hydrogens is 404 g/mol. The van der Waals surface area contributed by atoms with Gasteiger partial charge in [0.25, 0.3) is 0 Å². The highest BCUT2D eigenvalue weighted by Gasteiger charge is 2.23. The lowest BCUT2D eigenvalue weighted by atomic mass is 10.2. The topological polar surface area (TPSA) is 42.0 Å². The third-order valence-corrected chi connectivity index (χ3v) is 6.94. The van der Waals surface area contributed by atoms with E-state index in [-0.39, 0.29) is 11.9 Å². The van der Waals surface area contributed by atoms with Crippen LogP contribution < -0.4 is 14.4 Å². The fourth-order valence-electron chi connectivity index (χ4n) is 3.26. The van der Waals surface area contributed by atoms with Crippen molar-refractivity contribution in [3.05, 3.63) is 63.0 Å². The number of ether oxygens (including phenoxy) is 2. The molecule has 0 saturated heterocycles. The molecule has 1 unspecified atom stereocenters. The molecule has 7 heteroatoms. The zero-order valence-electron chi connectivity index (χ0n) is 16.5. The summed E-state index contributed by atoms with van der Waals surface area (Å²) in [5.41, 5.74) is 0.824. The van der Waals surface area contributed by atoms with E-state index in [1.54, 1.807) is 22.7 Å². The summed E-state index contributed by atoms with van der Waals surface area (Å²) < 4.78 is 11.4. The van der Waals surface area contributed by atoms with Crippen LogP contribution in [0.25, 0.3) is 0 Å². The van der Waals surface area contributed by atoms with Crippen LogP contribution in [0.4, 0.5) is 5.69 Å². The molecule has 1 aromatic carbocycles. The Kier molecular flexibility index (Phi) is 6.18. The molecule has 0 fully saturated rings.